The molecule has 118 valence electrons. The predicted molar refractivity (Wildman–Crippen MR) is 87.0 cm³/mol. The summed E-state index contributed by atoms with van der Waals surface area (Å²) in [5, 5.41) is 10.3. The first-order valence-electron chi connectivity index (χ1n) is 8.05. The summed E-state index contributed by atoms with van der Waals surface area (Å²) >= 11 is 0. The minimum absolute atomic E-state index is 0.220. The van der Waals surface area contributed by atoms with Crippen LogP contribution in [0.1, 0.15) is 36.8 Å². The Bertz CT molecular complexity index is 705. The fraction of sp³-hybridized carbons (Fsp3) is 0.500. The first-order chi connectivity index (χ1) is 10.7. The Morgan fingerprint density at radius 2 is 2.18 bits per heavy atom. The van der Waals surface area contributed by atoms with Crippen LogP contribution in [-0.2, 0) is 6.54 Å². The van der Waals surface area contributed by atoms with Gasteiger partial charge < -0.3 is 9.52 Å². The molecule has 0 radical (unpaired) electrons. The molecule has 0 saturated carbocycles. The summed E-state index contributed by atoms with van der Waals surface area (Å²) in [6, 6.07) is 7.94. The maximum atomic E-state index is 11.8. The number of likely N-dealkylation sites (tertiary alicyclic amines) is 1. The van der Waals surface area contributed by atoms with Gasteiger partial charge in [0.2, 0.25) is 0 Å². The molecule has 2 heterocycles. The lowest BCUT2D eigenvalue weighted by molar-refractivity contribution is 0.113. The lowest BCUT2D eigenvalue weighted by Gasteiger charge is -2.35. The van der Waals surface area contributed by atoms with Crippen molar-refractivity contribution in [2.75, 3.05) is 13.2 Å². The van der Waals surface area contributed by atoms with Crippen LogP contribution in [0.2, 0.25) is 0 Å². The van der Waals surface area contributed by atoms with Crippen LogP contribution in [0.3, 0.4) is 0 Å². The van der Waals surface area contributed by atoms with Gasteiger partial charge in [-0.1, -0.05) is 18.1 Å². The maximum absolute atomic E-state index is 11.8. The van der Waals surface area contributed by atoms with Gasteiger partial charge in [0.25, 0.3) is 0 Å². The van der Waals surface area contributed by atoms with Crippen LogP contribution in [0, 0.1) is 6.92 Å². The Balaban J connectivity index is 1.95. The van der Waals surface area contributed by atoms with E-state index in [1.807, 2.05) is 19.1 Å². The summed E-state index contributed by atoms with van der Waals surface area (Å²) in [5.74, 6) is 0. The molecule has 1 unspecified atom stereocenters. The van der Waals surface area contributed by atoms with E-state index in [0.29, 0.717) is 11.6 Å². The average molecular weight is 301 g/mol. The zero-order valence-corrected chi connectivity index (χ0v) is 13.0. The number of rotatable bonds is 4. The third-order valence-electron chi connectivity index (χ3n) is 4.57. The average Bonchev–Trinajstić information content (AvgIpc) is 2.50. The second-order valence-electron chi connectivity index (χ2n) is 6.22. The second kappa shape index (κ2) is 6.63. The van der Waals surface area contributed by atoms with Crippen LogP contribution in [0.25, 0.3) is 11.0 Å². The largest absolute Gasteiger partial charge is 0.423 e. The van der Waals surface area contributed by atoms with E-state index >= 15 is 0 Å². The number of hydrogen-bond donors (Lipinski definition) is 1. The van der Waals surface area contributed by atoms with Crippen LogP contribution >= 0.6 is 0 Å². The van der Waals surface area contributed by atoms with Crippen molar-refractivity contribution < 1.29 is 9.52 Å². The molecule has 4 nitrogen and oxygen atoms in total. The molecule has 1 saturated heterocycles. The Labute approximate surface area is 130 Å². The number of nitrogens with zero attached hydrogens (tertiary/aromatic N) is 1. The smallest absolute Gasteiger partial charge is 0.336 e. The van der Waals surface area contributed by atoms with Gasteiger partial charge in [-0.3, -0.25) is 4.90 Å². The van der Waals surface area contributed by atoms with E-state index in [1.54, 1.807) is 6.07 Å². The van der Waals surface area contributed by atoms with Crippen molar-refractivity contribution in [2.24, 2.45) is 0 Å². The number of benzene rings is 1. The number of aliphatic hydroxyl groups is 1. The SMILES string of the molecule is Cc1ccc2oc(=O)cc(CN3CCCCC3CCO)c2c1. The highest BCUT2D eigenvalue weighted by atomic mass is 16.4. The van der Waals surface area contributed by atoms with Crippen molar-refractivity contribution in [2.45, 2.75) is 45.2 Å². The van der Waals surface area contributed by atoms with Gasteiger partial charge in [-0.2, -0.15) is 0 Å². The summed E-state index contributed by atoms with van der Waals surface area (Å²) in [4.78, 5) is 14.2. The Morgan fingerprint density at radius 3 is 3.00 bits per heavy atom. The molecule has 1 aromatic carbocycles. The van der Waals surface area contributed by atoms with Crippen molar-refractivity contribution in [3.8, 4) is 0 Å². The minimum atomic E-state index is -0.290. The van der Waals surface area contributed by atoms with Gasteiger partial charge in [-0.15, -0.1) is 0 Å². The Hall–Kier alpha value is -1.65. The number of aliphatic hydroxyl groups excluding tert-OH is 1. The van der Waals surface area contributed by atoms with E-state index in [4.69, 9.17) is 4.42 Å². The third-order valence-corrected chi connectivity index (χ3v) is 4.57. The fourth-order valence-corrected chi connectivity index (χ4v) is 3.44. The van der Waals surface area contributed by atoms with Crippen LogP contribution in [0.4, 0.5) is 0 Å². The van der Waals surface area contributed by atoms with Crippen molar-refractivity contribution in [1.29, 1.82) is 0 Å². The van der Waals surface area contributed by atoms with Crippen LogP contribution < -0.4 is 5.63 Å². The van der Waals surface area contributed by atoms with Gasteiger partial charge in [0.15, 0.2) is 0 Å². The van der Waals surface area contributed by atoms with Gasteiger partial charge in [0.1, 0.15) is 5.58 Å². The van der Waals surface area contributed by atoms with E-state index in [2.05, 4.69) is 11.0 Å². The minimum Gasteiger partial charge on any atom is -0.423 e. The number of hydrogen-bond acceptors (Lipinski definition) is 4. The van der Waals surface area contributed by atoms with E-state index in [9.17, 15) is 9.90 Å². The lowest BCUT2D eigenvalue weighted by Crippen LogP contribution is -2.39. The summed E-state index contributed by atoms with van der Waals surface area (Å²) in [7, 11) is 0. The molecule has 1 fully saturated rings. The number of aryl methyl sites for hydroxylation is 1. The van der Waals surface area contributed by atoms with E-state index < -0.39 is 0 Å². The molecule has 1 atom stereocenters. The summed E-state index contributed by atoms with van der Waals surface area (Å²) in [6.45, 7) is 4.04. The van der Waals surface area contributed by atoms with Crippen LogP contribution in [0.5, 0.6) is 0 Å². The van der Waals surface area contributed by atoms with Crippen molar-refractivity contribution in [3.05, 3.63) is 45.8 Å². The third kappa shape index (κ3) is 3.23. The molecule has 1 aromatic heterocycles. The van der Waals surface area contributed by atoms with Crippen molar-refractivity contribution in [1.82, 2.24) is 4.90 Å². The highest BCUT2D eigenvalue weighted by molar-refractivity contribution is 5.80. The Kier molecular flexibility index (Phi) is 4.60. The first-order valence-corrected chi connectivity index (χ1v) is 8.05. The molecule has 0 aliphatic carbocycles. The zero-order chi connectivity index (χ0) is 15.5. The molecule has 1 N–H and O–H groups in total. The Morgan fingerprint density at radius 1 is 1.32 bits per heavy atom. The maximum Gasteiger partial charge on any atom is 0.336 e. The van der Waals surface area contributed by atoms with E-state index in [-0.39, 0.29) is 12.2 Å². The van der Waals surface area contributed by atoms with E-state index in [0.717, 1.165) is 42.4 Å². The molecule has 4 heteroatoms. The lowest BCUT2D eigenvalue weighted by atomic mass is 9.98. The topological polar surface area (TPSA) is 53.7 Å². The standard InChI is InChI=1S/C18H23NO3/c1-13-5-6-17-16(10-13)14(11-18(21)22-17)12-19-8-3-2-4-15(19)7-9-20/h5-6,10-11,15,20H,2-4,7-9,12H2,1H3. The van der Waals surface area contributed by atoms with Gasteiger partial charge in [-0.05, 0) is 50.4 Å². The normalized spacial score (nSPS) is 19.6. The molecular formula is C18H23NO3. The highest BCUT2D eigenvalue weighted by Gasteiger charge is 2.22. The molecule has 0 bridgehead atoms. The van der Waals surface area contributed by atoms with Crippen LogP contribution in [-0.4, -0.2) is 29.2 Å². The second-order valence-corrected chi connectivity index (χ2v) is 6.22. The first kappa shape index (κ1) is 15.3. The number of fused-ring (bicyclic) bond motifs is 1. The molecule has 0 spiro atoms. The molecule has 3 rings (SSSR count). The van der Waals surface area contributed by atoms with Gasteiger partial charge in [-0.25, -0.2) is 4.79 Å². The van der Waals surface area contributed by atoms with E-state index in [1.165, 1.54) is 12.8 Å². The van der Waals surface area contributed by atoms with Crippen LogP contribution in [0.15, 0.2) is 33.5 Å². The molecule has 0 amide bonds. The number of piperidine rings is 1. The van der Waals surface area contributed by atoms with Gasteiger partial charge in [0.05, 0.1) is 0 Å². The molecule has 1 aliphatic heterocycles. The summed E-state index contributed by atoms with van der Waals surface area (Å²) in [5.41, 5.74) is 2.55. The monoisotopic (exact) mass is 301 g/mol. The summed E-state index contributed by atoms with van der Waals surface area (Å²) < 4.78 is 5.31. The molecule has 1 aliphatic rings. The zero-order valence-electron chi connectivity index (χ0n) is 13.0. The fourth-order valence-electron chi connectivity index (χ4n) is 3.44. The molecule has 2 aromatic rings. The summed E-state index contributed by atoms with van der Waals surface area (Å²) in [6.07, 6.45) is 4.33. The predicted octanol–water partition coefficient (Wildman–Crippen LogP) is 2.84. The molecular weight excluding hydrogens is 278 g/mol. The van der Waals surface area contributed by atoms with Gasteiger partial charge >= 0.3 is 5.63 Å². The van der Waals surface area contributed by atoms with Gasteiger partial charge in [0, 0.05) is 30.6 Å². The van der Waals surface area contributed by atoms with Crippen molar-refractivity contribution >= 4 is 11.0 Å². The quantitative estimate of drug-likeness (QED) is 0.882. The van der Waals surface area contributed by atoms with Crippen molar-refractivity contribution in [3.63, 3.8) is 0 Å². The molecule has 22 heavy (non-hydrogen) atoms. The highest BCUT2D eigenvalue weighted by Crippen LogP contribution is 2.25.